The van der Waals surface area contributed by atoms with Crippen molar-refractivity contribution < 1.29 is 43.0 Å². The molecular weight excluding hydrogens is 593 g/mol. The number of carbonyl (C=O) groups is 2. The third kappa shape index (κ3) is 5.44. The van der Waals surface area contributed by atoms with Gasteiger partial charge in [-0.15, -0.1) is 0 Å². The minimum absolute atomic E-state index is 0.0283. The normalized spacial score (nSPS) is 41.3. The molecule has 4 fully saturated rings. The molecule has 242 valence electrons. The number of aliphatic hydroxyl groups is 2. The maximum Gasteiger partial charge on any atom is 0.472 e. The van der Waals surface area contributed by atoms with Crippen LogP contribution in [0.5, 0.6) is 0 Å². The van der Waals surface area contributed by atoms with Crippen molar-refractivity contribution in [2.45, 2.75) is 89.8 Å². The third-order valence-corrected chi connectivity index (χ3v) is 12.5. The van der Waals surface area contributed by atoms with Crippen LogP contribution in [0.1, 0.15) is 71.4 Å². The Morgan fingerprint density at radius 3 is 2.64 bits per heavy atom. The number of nitrogens with two attached hydrogens (primary N) is 1. The predicted octanol–water partition coefficient (Wildman–Crippen LogP) is 2.30. The van der Waals surface area contributed by atoms with Gasteiger partial charge in [-0.3, -0.25) is 23.2 Å². The van der Waals surface area contributed by atoms with E-state index in [9.17, 15) is 34.1 Å². The largest absolute Gasteiger partial charge is 0.472 e. The Balaban J connectivity index is 1.04. The van der Waals surface area contributed by atoms with Gasteiger partial charge in [0.05, 0.1) is 6.61 Å². The highest BCUT2D eigenvalue weighted by atomic mass is 31.2. The van der Waals surface area contributed by atoms with Crippen molar-refractivity contribution in [2.75, 3.05) is 18.9 Å². The second-order valence-electron chi connectivity index (χ2n) is 13.7. The van der Waals surface area contributed by atoms with Crippen LogP contribution < -0.4 is 11.4 Å². The first-order valence-corrected chi connectivity index (χ1v) is 17.0. The first kappa shape index (κ1) is 31.7. The van der Waals surface area contributed by atoms with E-state index in [1.807, 2.05) is 6.08 Å². The lowest BCUT2D eigenvalue weighted by atomic mass is 9.46. The lowest BCUT2D eigenvalue weighted by Gasteiger charge is -2.58. The van der Waals surface area contributed by atoms with Crippen LogP contribution in [0.3, 0.4) is 0 Å². The highest BCUT2D eigenvalue weighted by molar-refractivity contribution is 7.47. The molecule has 44 heavy (non-hydrogen) atoms. The van der Waals surface area contributed by atoms with Gasteiger partial charge < -0.3 is 25.6 Å². The molecule has 2 heterocycles. The molecule has 11 atom stereocenters. The summed E-state index contributed by atoms with van der Waals surface area (Å²) in [6.07, 6.45) is 4.38. The number of allylic oxidation sites excluding steroid dienone is 1. The standard InChI is InChI=1S/C30H42N3O10P/c1-29-10-7-17(34)13-16(29)3-4-18-19-5-6-21(30(19,2)11-8-20(18)29)22(35)14-41-44(39,40)42-15-23-25(36)26(37)27(43-23)33-12-9-24(31)32-28(33)38/h9,12-13,18-21,23,25-27,36-37H,3-8,10-11,14-15H2,1-2H3,(H,39,40)(H2,31,32,38)/t18-,19-,20-,21+,23+,25+,26-,27+,29-,30-/m0/s1. The molecule has 1 saturated heterocycles. The van der Waals surface area contributed by atoms with Crippen LogP contribution in [-0.4, -0.2) is 67.7 Å². The molecule has 13 nitrogen and oxygen atoms in total. The van der Waals surface area contributed by atoms with Crippen LogP contribution in [0.4, 0.5) is 5.82 Å². The van der Waals surface area contributed by atoms with E-state index in [1.54, 1.807) is 0 Å². The van der Waals surface area contributed by atoms with E-state index in [-0.39, 0.29) is 34.1 Å². The van der Waals surface area contributed by atoms with E-state index in [0.717, 1.165) is 43.1 Å². The molecule has 5 N–H and O–H groups in total. The number of hydrogen-bond acceptors (Lipinski definition) is 11. The number of carbonyl (C=O) groups excluding carboxylic acids is 2. The number of anilines is 1. The first-order valence-electron chi connectivity index (χ1n) is 15.5. The molecule has 0 aromatic carbocycles. The van der Waals surface area contributed by atoms with Crippen molar-refractivity contribution in [3.63, 3.8) is 0 Å². The van der Waals surface area contributed by atoms with Crippen molar-refractivity contribution in [1.29, 1.82) is 0 Å². The van der Waals surface area contributed by atoms with Gasteiger partial charge >= 0.3 is 13.5 Å². The number of rotatable bonds is 8. The van der Waals surface area contributed by atoms with Gasteiger partial charge in [-0.1, -0.05) is 19.4 Å². The fourth-order valence-corrected chi connectivity index (χ4v) is 9.96. The molecule has 4 aliphatic carbocycles. The molecule has 1 aliphatic heterocycles. The van der Waals surface area contributed by atoms with Gasteiger partial charge in [0.1, 0.15) is 30.7 Å². The maximum absolute atomic E-state index is 13.4. The summed E-state index contributed by atoms with van der Waals surface area (Å²) in [6.45, 7) is 3.27. The Labute approximate surface area is 255 Å². The number of phosphoric acid groups is 1. The molecule has 0 radical (unpaired) electrons. The van der Waals surface area contributed by atoms with E-state index in [2.05, 4.69) is 18.8 Å². The Morgan fingerprint density at radius 2 is 1.89 bits per heavy atom. The average Bonchev–Trinajstić information content (AvgIpc) is 3.47. The fraction of sp³-hybridized carbons (Fsp3) is 0.733. The predicted molar refractivity (Wildman–Crippen MR) is 156 cm³/mol. The highest BCUT2D eigenvalue weighted by Crippen LogP contribution is 2.66. The van der Waals surface area contributed by atoms with E-state index in [0.29, 0.717) is 30.6 Å². The Hall–Kier alpha value is -2.25. The number of Topliss-reactive ketones (excluding diaryl/α,β-unsaturated/α-hetero) is 1. The quantitative estimate of drug-likeness (QED) is 0.304. The van der Waals surface area contributed by atoms with Crippen LogP contribution in [0.25, 0.3) is 0 Å². The summed E-state index contributed by atoms with van der Waals surface area (Å²) >= 11 is 0. The van der Waals surface area contributed by atoms with Gasteiger partial charge in [0.25, 0.3) is 0 Å². The third-order valence-electron chi connectivity index (χ3n) is 11.6. The van der Waals surface area contributed by atoms with Crippen LogP contribution >= 0.6 is 7.82 Å². The van der Waals surface area contributed by atoms with E-state index < -0.39 is 51.3 Å². The fourth-order valence-electron chi connectivity index (χ4n) is 9.26. The smallest absolute Gasteiger partial charge is 0.387 e. The molecular formula is C30H42N3O10P. The number of ether oxygens (including phenoxy) is 1. The van der Waals surface area contributed by atoms with Crippen LogP contribution in [0.2, 0.25) is 0 Å². The first-order chi connectivity index (χ1) is 20.7. The van der Waals surface area contributed by atoms with Crippen molar-refractivity contribution in [3.05, 3.63) is 34.4 Å². The van der Waals surface area contributed by atoms with Gasteiger partial charge in [-0.25, -0.2) is 9.36 Å². The van der Waals surface area contributed by atoms with Crippen molar-refractivity contribution >= 4 is 25.2 Å². The minimum atomic E-state index is -4.73. The van der Waals surface area contributed by atoms with Gasteiger partial charge in [0.2, 0.25) is 0 Å². The van der Waals surface area contributed by atoms with E-state index >= 15 is 0 Å². The number of nitrogen functional groups attached to an aromatic ring is 1. The second kappa shape index (κ2) is 11.5. The maximum atomic E-state index is 13.4. The zero-order chi connectivity index (χ0) is 31.6. The summed E-state index contributed by atoms with van der Waals surface area (Å²) in [4.78, 5) is 51.6. The summed E-state index contributed by atoms with van der Waals surface area (Å²) in [5.41, 5.74) is 5.79. The molecule has 1 aromatic rings. The number of phosphoric ester groups is 1. The molecule has 3 saturated carbocycles. The van der Waals surface area contributed by atoms with Gasteiger partial charge in [-0.2, -0.15) is 4.98 Å². The minimum Gasteiger partial charge on any atom is -0.387 e. The van der Waals surface area contributed by atoms with Crippen molar-refractivity contribution in [2.24, 2.45) is 34.5 Å². The Kier molecular flexibility index (Phi) is 8.31. The topological polar surface area (TPSA) is 200 Å². The van der Waals surface area contributed by atoms with Crippen LogP contribution in [0.15, 0.2) is 28.7 Å². The number of aromatic nitrogens is 2. The summed E-state index contributed by atoms with van der Waals surface area (Å²) < 4.78 is 29.4. The Bertz CT molecular complexity index is 1460. The van der Waals surface area contributed by atoms with Crippen LogP contribution in [0, 0.1) is 34.5 Å². The lowest BCUT2D eigenvalue weighted by Crippen LogP contribution is -2.51. The molecule has 6 rings (SSSR count). The van der Waals surface area contributed by atoms with Crippen LogP contribution in [-0.2, 0) is 27.9 Å². The molecule has 0 amide bonds. The molecule has 0 bridgehead atoms. The zero-order valence-electron chi connectivity index (χ0n) is 25.0. The van der Waals surface area contributed by atoms with Crippen molar-refractivity contribution in [1.82, 2.24) is 9.55 Å². The molecule has 5 aliphatic rings. The summed E-state index contributed by atoms with van der Waals surface area (Å²) in [6, 6.07) is 1.32. The summed E-state index contributed by atoms with van der Waals surface area (Å²) in [5.74, 6) is 1.01. The van der Waals surface area contributed by atoms with Crippen molar-refractivity contribution in [3.8, 4) is 0 Å². The summed E-state index contributed by atoms with van der Waals surface area (Å²) in [7, 11) is -4.73. The SMILES string of the molecule is C[C@]12CC[C@H]3[C@@H](CCC4=CC(=O)CC[C@@]43C)[C@@H]1CC[C@@H]2C(=O)COP(=O)(O)OC[C@H]1O[C@@H](n2ccc(N)nc2=O)[C@@H](O)[C@@H]1O. The number of fused-ring (bicyclic) bond motifs is 5. The Morgan fingerprint density at radius 1 is 1.11 bits per heavy atom. The highest BCUT2D eigenvalue weighted by Gasteiger charge is 2.60. The monoisotopic (exact) mass is 635 g/mol. The lowest BCUT2D eigenvalue weighted by molar-refractivity contribution is -0.133. The number of nitrogens with zero attached hydrogens (tertiary/aromatic N) is 2. The van der Waals surface area contributed by atoms with Gasteiger partial charge in [0, 0.05) is 18.5 Å². The molecule has 14 heteroatoms. The van der Waals surface area contributed by atoms with E-state index in [4.69, 9.17) is 19.5 Å². The zero-order valence-corrected chi connectivity index (χ0v) is 25.9. The van der Waals surface area contributed by atoms with Gasteiger partial charge in [-0.05, 0) is 85.7 Å². The van der Waals surface area contributed by atoms with E-state index in [1.165, 1.54) is 17.8 Å². The molecule has 0 spiro atoms. The number of aliphatic hydroxyl groups excluding tert-OH is 2. The second-order valence-corrected chi connectivity index (χ2v) is 15.2. The molecule has 1 unspecified atom stereocenters. The summed E-state index contributed by atoms with van der Waals surface area (Å²) in [5, 5.41) is 20.8. The van der Waals surface area contributed by atoms with Gasteiger partial charge in [0.15, 0.2) is 17.8 Å². The average molecular weight is 636 g/mol. The molecule has 1 aromatic heterocycles. The number of hydrogen-bond donors (Lipinski definition) is 4. The number of ketones is 2.